The van der Waals surface area contributed by atoms with Crippen molar-refractivity contribution in [1.29, 1.82) is 0 Å². The molecule has 0 radical (unpaired) electrons. The maximum Gasteiger partial charge on any atom is 0.326 e. The number of carbonyl (C=O) groups is 4. The van der Waals surface area contributed by atoms with Crippen LogP contribution in [0.25, 0.3) is 0 Å². The average Bonchev–Trinajstić information content (AvgIpc) is 2.92. The Morgan fingerprint density at radius 2 is 1.52 bits per heavy atom. The van der Waals surface area contributed by atoms with Crippen LogP contribution in [0.3, 0.4) is 0 Å². The second kappa shape index (κ2) is 18.6. The number of amides is 3. The van der Waals surface area contributed by atoms with Crippen molar-refractivity contribution in [2.75, 3.05) is 13.1 Å². The van der Waals surface area contributed by atoms with Gasteiger partial charge in [-0.05, 0) is 50.1 Å². The van der Waals surface area contributed by atoms with Crippen molar-refractivity contribution in [2.24, 2.45) is 33.8 Å². The van der Waals surface area contributed by atoms with Crippen molar-refractivity contribution in [2.45, 2.75) is 83.0 Å². The topological polar surface area (TPSA) is 241 Å². The van der Waals surface area contributed by atoms with E-state index in [9.17, 15) is 24.3 Å². The van der Waals surface area contributed by atoms with Crippen LogP contribution in [-0.2, 0) is 25.6 Å². The number of hydrogen-bond donors (Lipinski definition) is 8. The highest BCUT2D eigenvalue weighted by Crippen LogP contribution is 2.11. The monoisotopic (exact) mass is 562 g/mol. The number of aliphatic carboxylic acids is 1. The van der Waals surface area contributed by atoms with Gasteiger partial charge in [0.15, 0.2) is 5.96 Å². The van der Waals surface area contributed by atoms with Gasteiger partial charge in [0.2, 0.25) is 17.7 Å². The molecule has 0 bridgehead atoms. The molecule has 3 amide bonds. The number of carboxylic acid groups (broad SMARTS) is 1. The number of carbonyl (C=O) groups excluding carboxylic acids is 3. The maximum atomic E-state index is 13.5. The molecule has 12 N–H and O–H groups in total. The molecule has 224 valence electrons. The molecule has 0 saturated heterocycles. The zero-order valence-corrected chi connectivity index (χ0v) is 23.5. The fourth-order valence-electron chi connectivity index (χ4n) is 3.96. The lowest BCUT2D eigenvalue weighted by Crippen LogP contribution is -2.58. The Morgan fingerprint density at radius 1 is 0.900 bits per heavy atom. The molecule has 1 rings (SSSR count). The standard InChI is InChI=1S/C27H46N8O5/c1-3-17(2)22(26(39)40)35-24(37)20(13-7-8-14-28)33-25(38)21(16-18-10-5-4-6-11-18)34-23(36)19(29)12-9-15-32-27(30)31/h4-6,10-11,17,19-22H,3,7-9,12-16,28-29H2,1-2H3,(H,33,38)(H,34,36)(H,35,37)(H,39,40)(H4,30,31,32). The number of nitrogens with one attached hydrogen (secondary N) is 3. The van der Waals surface area contributed by atoms with Gasteiger partial charge < -0.3 is 44.0 Å². The highest BCUT2D eigenvalue weighted by atomic mass is 16.4. The molecular formula is C27H46N8O5. The van der Waals surface area contributed by atoms with Gasteiger partial charge in [-0.2, -0.15) is 0 Å². The first-order chi connectivity index (χ1) is 19.0. The van der Waals surface area contributed by atoms with Gasteiger partial charge in [-0.3, -0.25) is 19.4 Å². The Morgan fingerprint density at radius 3 is 2.10 bits per heavy atom. The summed E-state index contributed by atoms with van der Waals surface area (Å²) >= 11 is 0. The number of nitrogens with zero attached hydrogens (tertiary/aromatic N) is 1. The van der Waals surface area contributed by atoms with E-state index in [1.54, 1.807) is 6.92 Å². The molecule has 1 aromatic rings. The van der Waals surface area contributed by atoms with Crippen LogP contribution in [0.5, 0.6) is 0 Å². The second-order valence-corrected chi connectivity index (χ2v) is 9.86. The van der Waals surface area contributed by atoms with Gasteiger partial charge in [0.1, 0.15) is 18.1 Å². The molecule has 0 spiro atoms. The zero-order valence-electron chi connectivity index (χ0n) is 23.5. The van der Waals surface area contributed by atoms with Crippen molar-refractivity contribution >= 4 is 29.7 Å². The fourth-order valence-corrected chi connectivity index (χ4v) is 3.96. The summed E-state index contributed by atoms with van der Waals surface area (Å²) in [5.74, 6) is -3.26. The summed E-state index contributed by atoms with van der Waals surface area (Å²) in [6.45, 7) is 4.27. The van der Waals surface area contributed by atoms with Gasteiger partial charge in [-0.15, -0.1) is 0 Å². The van der Waals surface area contributed by atoms with Crippen LogP contribution in [0.1, 0.15) is 57.9 Å². The number of hydrogen-bond acceptors (Lipinski definition) is 7. The normalized spacial score (nSPS) is 14.6. The summed E-state index contributed by atoms with van der Waals surface area (Å²) < 4.78 is 0. The Bertz CT molecular complexity index is 971. The molecular weight excluding hydrogens is 516 g/mol. The van der Waals surface area contributed by atoms with Crippen LogP contribution in [0.4, 0.5) is 0 Å². The van der Waals surface area contributed by atoms with E-state index in [4.69, 9.17) is 22.9 Å². The van der Waals surface area contributed by atoms with Crippen molar-refractivity contribution < 1.29 is 24.3 Å². The zero-order chi connectivity index (χ0) is 30.1. The highest BCUT2D eigenvalue weighted by molar-refractivity contribution is 5.94. The molecule has 13 heteroatoms. The second-order valence-electron chi connectivity index (χ2n) is 9.86. The third-order valence-electron chi connectivity index (χ3n) is 6.58. The van der Waals surface area contributed by atoms with Gasteiger partial charge in [0.25, 0.3) is 0 Å². The van der Waals surface area contributed by atoms with Gasteiger partial charge in [-0.1, -0.05) is 50.6 Å². The number of carboxylic acids is 1. The molecule has 0 saturated carbocycles. The summed E-state index contributed by atoms with van der Waals surface area (Å²) in [5, 5.41) is 17.6. The van der Waals surface area contributed by atoms with Gasteiger partial charge in [-0.25, -0.2) is 4.79 Å². The quantitative estimate of drug-likeness (QED) is 0.0604. The Hall–Kier alpha value is -3.71. The number of benzene rings is 1. The van der Waals surface area contributed by atoms with E-state index in [1.165, 1.54) is 0 Å². The molecule has 0 fully saturated rings. The largest absolute Gasteiger partial charge is 0.480 e. The third kappa shape index (κ3) is 12.9. The lowest BCUT2D eigenvalue weighted by molar-refractivity contribution is -0.144. The lowest BCUT2D eigenvalue weighted by Gasteiger charge is -2.26. The van der Waals surface area contributed by atoms with E-state index < -0.39 is 47.9 Å². The van der Waals surface area contributed by atoms with Crippen molar-refractivity contribution in [3.63, 3.8) is 0 Å². The van der Waals surface area contributed by atoms with Gasteiger partial charge >= 0.3 is 5.97 Å². The number of guanidine groups is 1. The van der Waals surface area contributed by atoms with E-state index in [-0.39, 0.29) is 24.7 Å². The van der Waals surface area contributed by atoms with E-state index in [1.807, 2.05) is 37.3 Å². The maximum absolute atomic E-state index is 13.5. The molecule has 13 nitrogen and oxygen atoms in total. The summed E-state index contributed by atoms with van der Waals surface area (Å²) in [4.78, 5) is 55.1. The Kier molecular flexibility index (Phi) is 15.9. The van der Waals surface area contributed by atoms with E-state index >= 15 is 0 Å². The molecule has 40 heavy (non-hydrogen) atoms. The SMILES string of the molecule is CCC(C)C(NC(=O)C(CCCCN)NC(=O)C(Cc1ccccc1)NC(=O)C(N)CCCN=C(N)N)C(=O)O. The highest BCUT2D eigenvalue weighted by Gasteiger charge is 2.31. The smallest absolute Gasteiger partial charge is 0.326 e. The van der Waals surface area contributed by atoms with Crippen molar-refractivity contribution in [3.8, 4) is 0 Å². The molecule has 5 unspecified atom stereocenters. The minimum absolute atomic E-state index is 0.0542. The van der Waals surface area contributed by atoms with Crippen LogP contribution in [0, 0.1) is 5.92 Å². The van der Waals surface area contributed by atoms with E-state index in [0.717, 1.165) is 5.56 Å². The van der Waals surface area contributed by atoms with Crippen LogP contribution in [0.2, 0.25) is 0 Å². The number of rotatable bonds is 19. The average molecular weight is 563 g/mol. The number of aliphatic imine (C=N–C) groups is 1. The van der Waals surface area contributed by atoms with Crippen molar-refractivity contribution in [3.05, 3.63) is 35.9 Å². The molecule has 0 aliphatic carbocycles. The van der Waals surface area contributed by atoms with Crippen LogP contribution < -0.4 is 38.9 Å². The summed E-state index contributed by atoms with van der Waals surface area (Å²) in [6.07, 6.45) is 2.85. The summed E-state index contributed by atoms with van der Waals surface area (Å²) in [5.41, 5.74) is 23.1. The predicted molar refractivity (Wildman–Crippen MR) is 154 cm³/mol. The third-order valence-corrected chi connectivity index (χ3v) is 6.58. The minimum Gasteiger partial charge on any atom is -0.480 e. The molecule has 1 aromatic carbocycles. The molecule has 0 aliphatic rings. The van der Waals surface area contributed by atoms with Crippen molar-refractivity contribution in [1.82, 2.24) is 16.0 Å². The van der Waals surface area contributed by atoms with Crippen LogP contribution in [-0.4, -0.2) is 72.0 Å². The van der Waals surface area contributed by atoms with E-state index in [0.29, 0.717) is 45.2 Å². The number of unbranched alkanes of at least 4 members (excludes halogenated alkanes) is 1. The summed E-state index contributed by atoms with van der Waals surface area (Å²) in [6, 6.07) is 5.02. The first kappa shape index (κ1) is 34.3. The molecule has 0 aromatic heterocycles. The van der Waals surface area contributed by atoms with Gasteiger partial charge in [0.05, 0.1) is 6.04 Å². The molecule has 0 heterocycles. The molecule has 0 aliphatic heterocycles. The number of nitrogens with two attached hydrogens (primary N) is 4. The lowest BCUT2D eigenvalue weighted by atomic mass is 9.98. The fraction of sp³-hybridized carbons (Fsp3) is 0.593. The first-order valence-electron chi connectivity index (χ1n) is 13.7. The van der Waals surface area contributed by atoms with Crippen LogP contribution >= 0.6 is 0 Å². The minimum atomic E-state index is -1.15. The molecule has 5 atom stereocenters. The predicted octanol–water partition coefficient (Wildman–Crippen LogP) is -0.676. The Labute approximate surface area is 235 Å². The first-order valence-corrected chi connectivity index (χ1v) is 13.7. The van der Waals surface area contributed by atoms with E-state index in [2.05, 4.69) is 20.9 Å². The summed E-state index contributed by atoms with van der Waals surface area (Å²) in [7, 11) is 0. The Balaban J connectivity index is 3.08. The van der Waals surface area contributed by atoms with Crippen LogP contribution in [0.15, 0.2) is 35.3 Å². The van der Waals surface area contributed by atoms with Gasteiger partial charge in [0, 0.05) is 13.0 Å².